The molecular weight excluding hydrogens is 342 g/mol. The van der Waals surface area contributed by atoms with Crippen LogP contribution < -0.4 is 15.0 Å². The van der Waals surface area contributed by atoms with Gasteiger partial charge in [0.05, 0.1) is 29.1 Å². The van der Waals surface area contributed by atoms with Crippen LogP contribution in [0.15, 0.2) is 41.6 Å². The molecule has 2 N–H and O–H groups in total. The molecule has 0 spiro atoms. The van der Waals surface area contributed by atoms with Crippen LogP contribution >= 0.6 is 11.6 Å². The number of anilines is 1. The molecule has 0 aliphatic carbocycles. The molecule has 0 fully saturated rings. The molecular formula is C18H16ClN3O3. The van der Waals surface area contributed by atoms with Crippen molar-refractivity contribution >= 4 is 28.9 Å². The summed E-state index contributed by atoms with van der Waals surface area (Å²) in [4.78, 5) is 14.7. The Morgan fingerprint density at radius 2 is 2.04 bits per heavy atom. The highest BCUT2D eigenvalue weighted by Crippen LogP contribution is 2.42. The molecule has 1 amide bonds. The highest BCUT2D eigenvalue weighted by Gasteiger charge is 2.38. The third kappa shape index (κ3) is 2.41. The molecule has 2 aromatic rings. The second kappa shape index (κ2) is 5.97. The van der Waals surface area contributed by atoms with E-state index in [2.05, 4.69) is 15.4 Å². The van der Waals surface area contributed by atoms with Gasteiger partial charge in [0, 0.05) is 18.5 Å². The van der Waals surface area contributed by atoms with E-state index < -0.39 is 0 Å². The van der Waals surface area contributed by atoms with Crippen molar-refractivity contribution in [2.75, 3.05) is 18.6 Å². The molecule has 0 bridgehead atoms. The number of halogens is 1. The van der Waals surface area contributed by atoms with E-state index in [0.29, 0.717) is 34.8 Å². The average molecular weight is 358 g/mol. The SMILES string of the molecule is COc1ccc(C2NC(=O)c3ccc(Cl)c4c3N2CCC4=NO)cc1. The van der Waals surface area contributed by atoms with Gasteiger partial charge in [-0.3, -0.25) is 4.79 Å². The Balaban J connectivity index is 1.86. The molecule has 0 radical (unpaired) electrons. The first-order chi connectivity index (χ1) is 12.1. The van der Waals surface area contributed by atoms with Crippen molar-refractivity contribution < 1.29 is 14.7 Å². The third-order valence-corrected chi connectivity index (χ3v) is 4.98. The monoisotopic (exact) mass is 357 g/mol. The van der Waals surface area contributed by atoms with Crippen molar-refractivity contribution in [3.63, 3.8) is 0 Å². The summed E-state index contributed by atoms with van der Waals surface area (Å²) in [6.45, 7) is 0.608. The fourth-order valence-corrected chi connectivity index (χ4v) is 3.73. The highest BCUT2D eigenvalue weighted by molar-refractivity contribution is 6.36. The van der Waals surface area contributed by atoms with Crippen LogP contribution in [-0.4, -0.2) is 30.5 Å². The lowest BCUT2D eigenvalue weighted by atomic mass is 9.92. The van der Waals surface area contributed by atoms with Crippen LogP contribution in [0.3, 0.4) is 0 Å². The van der Waals surface area contributed by atoms with Crippen LogP contribution in [0.1, 0.15) is 34.1 Å². The van der Waals surface area contributed by atoms with Gasteiger partial charge < -0.3 is 20.2 Å². The Morgan fingerprint density at radius 3 is 2.72 bits per heavy atom. The lowest BCUT2D eigenvalue weighted by Crippen LogP contribution is -2.49. The molecule has 25 heavy (non-hydrogen) atoms. The maximum atomic E-state index is 12.6. The minimum absolute atomic E-state index is 0.177. The molecule has 2 aliphatic rings. The smallest absolute Gasteiger partial charge is 0.255 e. The van der Waals surface area contributed by atoms with E-state index in [1.54, 1.807) is 19.2 Å². The van der Waals surface area contributed by atoms with Gasteiger partial charge in [0.2, 0.25) is 0 Å². The lowest BCUT2D eigenvalue weighted by Gasteiger charge is -2.43. The minimum atomic E-state index is -0.316. The van der Waals surface area contributed by atoms with Crippen LogP contribution in [-0.2, 0) is 0 Å². The number of hydrogen-bond acceptors (Lipinski definition) is 5. The molecule has 2 aliphatic heterocycles. The summed E-state index contributed by atoms with van der Waals surface area (Å²) in [5.74, 6) is 0.576. The standard InChI is InChI=1S/C18H16ClN3O3/c1-25-11-4-2-10(3-5-11)17-20-18(23)12-6-7-13(19)15-14(21-24)8-9-22(17)16(12)15/h2-7,17,24H,8-9H2,1H3,(H,20,23). The summed E-state index contributed by atoms with van der Waals surface area (Å²) in [6.07, 6.45) is 0.221. The number of carbonyl (C=O) groups excluding carboxylic acids is 1. The van der Waals surface area contributed by atoms with E-state index in [0.717, 1.165) is 17.0 Å². The van der Waals surface area contributed by atoms with Gasteiger partial charge in [0.1, 0.15) is 11.9 Å². The number of nitrogens with zero attached hydrogens (tertiary/aromatic N) is 2. The second-order valence-electron chi connectivity index (χ2n) is 5.96. The molecule has 1 atom stereocenters. The summed E-state index contributed by atoms with van der Waals surface area (Å²) in [5.41, 5.74) is 3.32. The van der Waals surface area contributed by atoms with Crippen LogP contribution in [0.4, 0.5) is 5.69 Å². The topological polar surface area (TPSA) is 74.2 Å². The summed E-state index contributed by atoms with van der Waals surface area (Å²) in [6, 6.07) is 10.9. The molecule has 2 heterocycles. The van der Waals surface area contributed by atoms with Crippen LogP contribution in [0.25, 0.3) is 0 Å². The van der Waals surface area contributed by atoms with Crippen molar-refractivity contribution in [1.29, 1.82) is 0 Å². The van der Waals surface area contributed by atoms with Gasteiger partial charge >= 0.3 is 0 Å². The maximum absolute atomic E-state index is 12.6. The Labute approximate surface area is 149 Å². The average Bonchev–Trinajstić information content (AvgIpc) is 2.65. The lowest BCUT2D eigenvalue weighted by molar-refractivity contribution is 0.0926. The number of oxime groups is 1. The number of hydrogen-bond donors (Lipinski definition) is 2. The number of carbonyl (C=O) groups is 1. The van der Waals surface area contributed by atoms with E-state index in [1.807, 2.05) is 24.3 Å². The van der Waals surface area contributed by atoms with E-state index in [4.69, 9.17) is 16.3 Å². The van der Waals surface area contributed by atoms with Gasteiger partial charge in [-0.05, 0) is 29.8 Å². The van der Waals surface area contributed by atoms with Crippen LogP contribution in [0, 0.1) is 0 Å². The van der Waals surface area contributed by atoms with Crippen molar-refractivity contribution in [1.82, 2.24) is 5.32 Å². The molecule has 2 aromatic carbocycles. The number of benzene rings is 2. The number of rotatable bonds is 2. The summed E-state index contributed by atoms with van der Waals surface area (Å²) in [5, 5.41) is 16.2. The fourth-order valence-electron chi connectivity index (χ4n) is 3.47. The Morgan fingerprint density at radius 1 is 1.28 bits per heavy atom. The molecule has 4 rings (SSSR count). The molecule has 0 saturated carbocycles. The van der Waals surface area contributed by atoms with Gasteiger partial charge in [0.15, 0.2) is 0 Å². The number of ether oxygens (including phenoxy) is 1. The molecule has 128 valence electrons. The quantitative estimate of drug-likeness (QED) is 0.639. The number of methoxy groups -OCH3 is 1. The van der Waals surface area contributed by atoms with Crippen LogP contribution in [0.2, 0.25) is 5.02 Å². The largest absolute Gasteiger partial charge is 0.497 e. The fraction of sp³-hybridized carbons (Fsp3) is 0.222. The Hall–Kier alpha value is -2.73. The Kier molecular flexibility index (Phi) is 3.77. The zero-order valence-corrected chi connectivity index (χ0v) is 14.2. The highest BCUT2D eigenvalue weighted by atomic mass is 35.5. The van der Waals surface area contributed by atoms with E-state index in [-0.39, 0.29) is 12.1 Å². The maximum Gasteiger partial charge on any atom is 0.255 e. The summed E-state index contributed by atoms with van der Waals surface area (Å²) in [7, 11) is 1.61. The predicted molar refractivity (Wildman–Crippen MR) is 94.9 cm³/mol. The van der Waals surface area contributed by atoms with Gasteiger partial charge in [-0.25, -0.2) is 0 Å². The first kappa shape index (κ1) is 15.8. The van der Waals surface area contributed by atoms with Gasteiger partial charge in [-0.2, -0.15) is 0 Å². The van der Waals surface area contributed by atoms with Crippen LogP contribution in [0.5, 0.6) is 5.75 Å². The van der Waals surface area contributed by atoms with Crippen molar-refractivity contribution in [3.8, 4) is 5.75 Å². The van der Waals surface area contributed by atoms with Crippen molar-refractivity contribution in [2.24, 2.45) is 5.16 Å². The van der Waals surface area contributed by atoms with Gasteiger partial charge in [-0.15, -0.1) is 0 Å². The minimum Gasteiger partial charge on any atom is -0.497 e. The zero-order valence-electron chi connectivity index (χ0n) is 13.5. The molecule has 6 nitrogen and oxygen atoms in total. The third-order valence-electron chi connectivity index (χ3n) is 4.67. The zero-order chi connectivity index (χ0) is 17.6. The summed E-state index contributed by atoms with van der Waals surface area (Å²) < 4.78 is 5.20. The predicted octanol–water partition coefficient (Wildman–Crippen LogP) is 3.18. The molecule has 1 unspecified atom stereocenters. The summed E-state index contributed by atoms with van der Waals surface area (Å²) >= 11 is 6.35. The van der Waals surface area contributed by atoms with E-state index in [9.17, 15) is 10.0 Å². The van der Waals surface area contributed by atoms with Crippen molar-refractivity contribution in [3.05, 3.63) is 58.1 Å². The normalized spacial score (nSPS) is 20.2. The van der Waals surface area contributed by atoms with Gasteiger partial charge in [-0.1, -0.05) is 28.9 Å². The first-order valence-electron chi connectivity index (χ1n) is 7.89. The molecule has 0 aromatic heterocycles. The molecule has 0 saturated heterocycles. The number of amides is 1. The first-order valence-corrected chi connectivity index (χ1v) is 8.27. The van der Waals surface area contributed by atoms with Gasteiger partial charge in [0.25, 0.3) is 5.91 Å². The van der Waals surface area contributed by atoms with E-state index >= 15 is 0 Å². The second-order valence-corrected chi connectivity index (χ2v) is 6.36. The van der Waals surface area contributed by atoms with Crippen molar-refractivity contribution in [2.45, 2.75) is 12.6 Å². The van der Waals surface area contributed by atoms with E-state index in [1.165, 1.54) is 0 Å². The number of nitrogens with one attached hydrogen (secondary N) is 1. The Bertz CT molecular complexity index is 880. The molecule has 7 heteroatoms.